The number of nitrogens with zero attached hydrogens (tertiary/aromatic N) is 4. The molecular formula is C17H24N4O2. The van der Waals surface area contributed by atoms with Crippen molar-refractivity contribution in [2.24, 2.45) is 0 Å². The Kier molecular flexibility index (Phi) is 4.91. The lowest BCUT2D eigenvalue weighted by molar-refractivity contribution is -0.134. The number of hydrogen-bond donors (Lipinski definition) is 0. The Morgan fingerprint density at radius 1 is 1.43 bits per heavy atom. The number of likely N-dealkylation sites (tertiary alicyclic amines) is 1. The number of imidazole rings is 1. The molecule has 0 aliphatic carbocycles. The van der Waals surface area contributed by atoms with Crippen molar-refractivity contribution in [2.75, 3.05) is 26.8 Å². The van der Waals surface area contributed by atoms with E-state index in [1.165, 1.54) is 0 Å². The lowest BCUT2D eigenvalue weighted by Crippen LogP contribution is -2.41. The van der Waals surface area contributed by atoms with Crippen LogP contribution in [0.15, 0.2) is 18.3 Å². The van der Waals surface area contributed by atoms with Crippen molar-refractivity contribution >= 4 is 17.1 Å². The summed E-state index contributed by atoms with van der Waals surface area (Å²) in [6.45, 7) is 4.56. The monoisotopic (exact) mass is 316 g/mol. The number of pyridine rings is 1. The third kappa shape index (κ3) is 3.37. The van der Waals surface area contributed by atoms with E-state index in [0.29, 0.717) is 13.0 Å². The van der Waals surface area contributed by atoms with Crippen LogP contribution >= 0.6 is 0 Å². The van der Waals surface area contributed by atoms with Gasteiger partial charge in [-0.05, 0) is 31.9 Å². The number of hydrogen-bond acceptors (Lipinski definition) is 4. The largest absolute Gasteiger partial charge is 0.383 e. The van der Waals surface area contributed by atoms with Crippen LogP contribution in [0.4, 0.5) is 0 Å². The molecule has 1 unspecified atom stereocenters. The zero-order valence-corrected chi connectivity index (χ0v) is 13.9. The maximum Gasteiger partial charge on any atom is 0.222 e. The summed E-state index contributed by atoms with van der Waals surface area (Å²) in [5.41, 5.74) is 1.79. The molecule has 0 bridgehead atoms. The molecule has 23 heavy (non-hydrogen) atoms. The molecule has 1 amide bonds. The molecule has 2 aromatic heterocycles. The van der Waals surface area contributed by atoms with Gasteiger partial charge >= 0.3 is 0 Å². The van der Waals surface area contributed by atoms with Crippen molar-refractivity contribution in [3.8, 4) is 0 Å². The van der Waals surface area contributed by atoms with Crippen molar-refractivity contribution in [1.29, 1.82) is 0 Å². The predicted octanol–water partition coefficient (Wildman–Crippen LogP) is 2.19. The topological polar surface area (TPSA) is 60.2 Å². The van der Waals surface area contributed by atoms with E-state index in [2.05, 4.69) is 16.5 Å². The Morgan fingerprint density at radius 2 is 2.26 bits per heavy atom. The molecule has 0 N–H and O–H groups in total. The molecule has 1 saturated heterocycles. The molecule has 1 fully saturated rings. The van der Waals surface area contributed by atoms with E-state index in [1.807, 2.05) is 17.0 Å². The molecule has 3 rings (SSSR count). The summed E-state index contributed by atoms with van der Waals surface area (Å²) in [4.78, 5) is 23.1. The van der Waals surface area contributed by atoms with Gasteiger partial charge in [-0.25, -0.2) is 9.97 Å². The predicted molar refractivity (Wildman–Crippen MR) is 88.3 cm³/mol. The summed E-state index contributed by atoms with van der Waals surface area (Å²) in [6.07, 6.45) is 5.12. The van der Waals surface area contributed by atoms with Crippen molar-refractivity contribution in [1.82, 2.24) is 19.4 Å². The summed E-state index contributed by atoms with van der Waals surface area (Å²) in [7, 11) is 1.70. The van der Waals surface area contributed by atoms with E-state index in [1.54, 1.807) is 13.3 Å². The number of methoxy groups -OCH3 is 1. The van der Waals surface area contributed by atoms with Crippen LogP contribution in [-0.4, -0.2) is 52.1 Å². The molecule has 3 heterocycles. The molecule has 6 nitrogen and oxygen atoms in total. The molecular weight excluding hydrogens is 292 g/mol. The second-order valence-electron chi connectivity index (χ2n) is 6.14. The highest BCUT2D eigenvalue weighted by atomic mass is 16.5. The Balaban J connectivity index is 1.73. The number of rotatable bonds is 7. The smallest absolute Gasteiger partial charge is 0.222 e. The van der Waals surface area contributed by atoms with E-state index in [-0.39, 0.29) is 11.9 Å². The molecule has 0 radical (unpaired) electrons. The third-order valence-corrected chi connectivity index (χ3v) is 4.37. The van der Waals surface area contributed by atoms with Crippen LogP contribution in [0.2, 0.25) is 0 Å². The average molecular weight is 316 g/mol. The summed E-state index contributed by atoms with van der Waals surface area (Å²) in [5, 5.41) is 0. The van der Waals surface area contributed by atoms with Crippen molar-refractivity contribution in [2.45, 2.75) is 38.6 Å². The number of aromatic nitrogens is 3. The zero-order chi connectivity index (χ0) is 16.2. The second kappa shape index (κ2) is 7.08. The third-order valence-electron chi connectivity index (χ3n) is 4.37. The Labute approximate surface area is 136 Å². The van der Waals surface area contributed by atoms with Gasteiger partial charge in [0.25, 0.3) is 0 Å². The van der Waals surface area contributed by atoms with Gasteiger partial charge in [0.1, 0.15) is 11.3 Å². The first-order chi connectivity index (χ1) is 11.2. The number of ether oxygens (including phenoxy) is 1. The fraction of sp³-hybridized carbons (Fsp3) is 0.588. The van der Waals surface area contributed by atoms with Crippen LogP contribution in [0.1, 0.15) is 38.1 Å². The summed E-state index contributed by atoms with van der Waals surface area (Å²) in [5.74, 6) is 1.25. The highest BCUT2D eigenvalue weighted by molar-refractivity contribution is 5.76. The number of amides is 1. The molecule has 1 aliphatic heterocycles. The SMILES string of the molecule is COCC(C)n1c(CCCC(=O)N2CCC2)nc2cccnc21. The Bertz CT molecular complexity index is 678. The second-order valence-corrected chi connectivity index (χ2v) is 6.14. The number of fused-ring (bicyclic) bond motifs is 1. The standard InChI is InChI=1S/C17H24N4O2/c1-13(12-23-2)21-15(19-14-6-4-9-18-17(14)21)7-3-8-16(22)20-10-5-11-20/h4,6,9,13H,3,5,7-8,10-12H2,1-2H3. The van der Waals surface area contributed by atoms with Crippen LogP contribution in [0, 0.1) is 0 Å². The van der Waals surface area contributed by atoms with Crippen molar-refractivity contribution < 1.29 is 9.53 Å². The lowest BCUT2D eigenvalue weighted by Gasteiger charge is -2.30. The van der Waals surface area contributed by atoms with Gasteiger partial charge in [-0.2, -0.15) is 0 Å². The van der Waals surface area contributed by atoms with Crippen LogP contribution in [-0.2, 0) is 16.0 Å². The number of carbonyl (C=O) groups is 1. The fourth-order valence-corrected chi connectivity index (χ4v) is 3.05. The molecule has 0 saturated carbocycles. The minimum absolute atomic E-state index is 0.168. The maximum absolute atomic E-state index is 12.0. The van der Waals surface area contributed by atoms with Gasteiger partial charge in [-0.15, -0.1) is 0 Å². The quantitative estimate of drug-likeness (QED) is 0.785. The molecule has 124 valence electrons. The minimum atomic E-state index is 0.168. The van der Waals surface area contributed by atoms with Crippen molar-refractivity contribution in [3.05, 3.63) is 24.2 Å². The van der Waals surface area contributed by atoms with Crippen LogP contribution < -0.4 is 0 Å². The summed E-state index contributed by atoms with van der Waals surface area (Å²) >= 11 is 0. The Hall–Kier alpha value is -1.95. The van der Waals surface area contributed by atoms with Gasteiger partial charge in [-0.3, -0.25) is 4.79 Å². The van der Waals surface area contributed by atoms with E-state index < -0.39 is 0 Å². The summed E-state index contributed by atoms with van der Waals surface area (Å²) in [6, 6.07) is 4.05. The van der Waals surface area contributed by atoms with Gasteiger partial charge in [0.05, 0.1) is 12.6 Å². The van der Waals surface area contributed by atoms with Gasteiger partial charge in [0.2, 0.25) is 5.91 Å². The maximum atomic E-state index is 12.0. The average Bonchev–Trinajstić information content (AvgIpc) is 2.84. The van der Waals surface area contributed by atoms with Gasteiger partial charge in [-0.1, -0.05) is 0 Å². The lowest BCUT2D eigenvalue weighted by atomic mass is 10.1. The molecule has 0 aromatic carbocycles. The van der Waals surface area contributed by atoms with E-state index in [0.717, 1.165) is 49.3 Å². The first-order valence-corrected chi connectivity index (χ1v) is 8.29. The van der Waals surface area contributed by atoms with Crippen LogP contribution in [0.3, 0.4) is 0 Å². The van der Waals surface area contributed by atoms with Crippen molar-refractivity contribution in [3.63, 3.8) is 0 Å². The minimum Gasteiger partial charge on any atom is -0.383 e. The first-order valence-electron chi connectivity index (χ1n) is 8.29. The van der Waals surface area contributed by atoms with Gasteiger partial charge in [0, 0.05) is 39.2 Å². The van der Waals surface area contributed by atoms with E-state index in [9.17, 15) is 4.79 Å². The molecule has 6 heteroatoms. The fourth-order valence-electron chi connectivity index (χ4n) is 3.05. The molecule has 1 aliphatic rings. The molecule has 0 spiro atoms. The van der Waals surface area contributed by atoms with E-state index in [4.69, 9.17) is 9.72 Å². The number of aryl methyl sites for hydroxylation is 1. The highest BCUT2D eigenvalue weighted by Crippen LogP contribution is 2.21. The number of carbonyl (C=O) groups excluding carboxylic acids is 1. The van der Waals surface area contributed by atoms with Gasteiger partial charge < -0.3 is 14.2 Å². The normalized spacial score (nSPS) is 15.7. The zero-order valence-electron chi connectivity index (χ0n) is 13.9. The summed E-state index contributed by atoms with van der Waals surface area (Å²) < 4.78 is 7.44. The Morgan fingerprint density at radius 3 is 2.96 bits per heavy atom. The van der Waals surface area contributed by atoms with Crippen LogP contribution in [0.5, 0.6) is 0 Å². The first kappa shape index (κ1) is 15.9. The van der Waals surface area contributed by atoms with E-state index >= 15 is 0 Å². The molecule has 1 atom stereocenters. The highest BCUT2D eigenvalue weighted by Gasteiger charge is 2.21. The van der Waals surface area contributed by atoms with Gasteiger partial charge in [0.15, 0.2) is 5.65 Å². The van der Waals surface area contributed by atoms with Crippen LogP contribution in [0.25, 0.3) is 11.2 Å². The molecule has 2 aromatic rings.